The second kappa shape index (κ2) is 10.3. The highest BCUT2D eigenvalue weighted by Crippen LogP contribution is 2.26. The molecule has 1 aromatic carbocycles. The van der Waals surface area contributed by atoms with E-state index in [0.717, 1.165) is 57.3 Å². The number of carbonyl (C=O) groups is 2. The average Bonchev–Trinajstić information content (AvgIpc) is 2.81. The summed E-state index contributed by atoms with van der Waals surface area (Å²) in [4.78, 5) is 29.3. The third kappa shape index (κ3) is 5.89. The van der Waals surface area contributed by atoms with Gasteiger partial charge in [-0.25, -0.2) is 9.18 Å². The van der Waals surface area contributed by atoms with Gasteiger partial charge in [-0.1, -0.05) is 19.3 Å². The third-order valence-corrected chi connectivity index (χ3v) is 7.09. The minimum atomic E-state index is -0.235. The Balaban J connectivity index is 1.16. The van der Waals surface area contributed by atoms with E-state index in [4.69, 9.17) is 0 Å². The molecule has 2 heterocycles. The predicted molar refractivity (Wildman–Crippen MR) is 119 cm³/mol. The minimum Gasteiger partial charge on any atom is -0.382 e. The SMILES string of the molecule is O=C(NC1CCN(C(=O)C2CCCCC2)CC1)N1CCC(Nc2ccc(F)cc2)CC1. The highest BCUT2D eigenvalue weighted by Gasteiger charge is 2.30. The van der Waals surface area contributed by atoms with Gasteiger partial charge < -0.3 is 20.4 Å². The number of carbonyl (C=O) groups excluding carboxylic acids is 2. The summed E-state index contributed by atoms with van der Waals surface area (Å²) in [5.41, 5.74) is 0.916. The first kappa shape index (κ1) is 21.9. The van der Waals surface area contributed by atoms with E-state index < -0.39 is 0 Å². The topological polar surface area (TPSA) is 64.7 Å². The van der Waals surface area contributed by atoms with E-state index in [-0.39, 0.29) is 23.8 Å². The first-order valence-corrected chi connectivity index (χ1v) is 11.9. The quantitative estimate of drug-likeness (QED) is 0.759. The molecule has 2 aliphatic heterocycles. The molecular weight excluding hydrogens is 395 g/mol. The number of hydrogen-bond acceptors (Lipinski definition) is 3. The van der Waals surface area contributed by atoms with Crippen molar-refractivity contribution < 1.29 is 14.0 Å². The molecular formula is C24H35FN4O2. The lowest BCUT2D eigenvalue weighted by Gasteiger charge is -2.37. The monoisotopic (exact) mass is 430 g/mol. The molecule has 2 N–H and O–H groups in total. The summed E-state index contributed by atoms with van der Waals surface area (Å²) >= 11 is 0. The largest absolute Gasteiger partial charge is 0.382 e. The molecule has 3 fully saturated rings. The molecule has 0 radical (unpaired) electrons. The van der Waals surface area contributed by atoms with Crippen LogP contribution in [0.15, 0.2) is 24.3 Å². The summed E-state index contributed by atoms with van der Waals surface area (Å²) in [6.07, 6.45) is 9.14. The van der Waals surface area contributed by atoms with Crippen molar-refractivity contribution in [3.63, 3.8) is 0 Å². The van der Waals surface area contributed by atoms with Crippen LogP contribution in [0.25, 0.3) is 0 Å². The molecule has 0 unspecified atom stereocenters. The number of halogens is 1. The number of benzene rings is 1. The zero-order valence-corrected chi connectivity index (χ0v) is 18.3. The lowest BCUT2D eigenvalue weighted by Crippen LogP contribution is -2.53. The van der Waals surface area contributed by atoms with E-state index in [9.17, 15) is 14.0 Å². The molecule has 0 spiro atoms. The Morgan fingerprint density at radius 2 is 1.35 bits per heavy atom. The zero-order chi connectivity index (χ0) is 21.6. The maximum Gasteiger partial charge on any atom is 0.317 e. The van der Waals surface area contributed by atoms with Crippen LogP contribution in [0.4, 0.5) is 14.9 Å². The molecule has 7 heteroatoms. The summed E-state index contributed by atoms with van der Waals surface area (Å²) in [5, 5.41) is 6.61. The molecule has 4 rings (SSSR count). The molecule has 1 aromatic rings. The highest BCUT2D eigenvalue weighted by atomic mass is 19.1. The van der Waals surface area contributed by atoms with E-state index in [1.807, 2.05) is 9.80 Å². The molecule has 31 heavy (non-hydrogen) atoms. The Labute approximate surface area is 184 Å². The lowest BCUT2D eigenvalue weighted by molar-refractivity contribution is -0.137. The third-order valence-electron chi connectivity index (χ3n) is 7.09. The molecule has 1 saturated carbocycles. The summed E-state index contributed by atoms with van der Waals surface area (Å²) in [6, 6.07) is 6.87. The molecule has 0 aromatic heterocycles. The molecule has 3 aliphatic rings. The summed E-state index contributed by atoms with van der Waals surface area (Å²) in [5.74, 6) is 0.325. The van der Waals surface area contributed by atoms with Crippen LogP contribution in [0.1, 0.15) is 57.8 Å². The Bertz CT molecular complexity index is 734. The molecule has 0 atom stereocenters. The fourth-order valence-electron chi connectivity index (χ4n) is 5.13. The number of piperidine rings is 2. The fraction of sp³-hybridized carbons (Fsp3) is 0.667. The van der Waals surface area contributed by atoms with Gasteiger partial charge in [-0.3, -0.25) is 4.79 Å². The van der Waals surface area contributed by atoms with E-state index in [0.29, 0.717) is 25.0 Å². The van der Waals surface area contributed by atoms with Gasteiger partial charge in [0.2, 0.25) is 5.91 Å². The summed E-state index contributed by atoms with van der Waals surface area (Å²) in [7, 11) is 0. The van der Waals surface area contributed by atoms with Crippen molar-refractivity contribution in [1.82, 2.24) is 15.1 Å². The number of nitrogens with zero attached hydrogens (tertiary/aromatic N) is 2. The predicted octanol–water partition coefficient (Wildman–Crippen LogP) is 3.98. The van der Waals surface area contributed by atoms with Crippen LogP contribution >= 0.6 is 0 Å². The molecule has 1 aliphatic carbocycles. The van der Waals surface area contributed by atoms with Gasteiger partial charge in [0.05, 0.1) is 0 Å². The molecule has 170 valence electrons. The van der Waals surface area contributed by atoms with Crippen LogP contribution in [0.3, 0.4) is 0 Å². The van der Waals surface area contributed by atoms with Crippen LogP contribution in [-0.2, 0) is 4.79 Å². The Morgan fingerprint density at radius 3 is 2.00 bits per heavy atom. The van der Waals surface area contributed by atoms with E-state index in [1.54, 1.807) is 12.1 Å². The maximum atomic E-state index is 13.0. The maximum absolute atomic E-state index is 13.0. The van der Waals surface area contributed by atoms with E-state index in [1.165, 1.54) is 31.4 Å². The summed E-state index contributed by atoms with van der Waals surface area (Å²) < 4.78 is 13.0. The van der Waals surface area contributed by atoms with Crippen molar-refractivity contribution in [3.8, 4) is 0 Å². The van der Waals surface area contributed by atoms with Crippen molar-refractivity contribution in [1.29, 1.82) is 0 Å². The number of anilines is 1. The van der Waals surface area contributed by atoms with Gasteiger partial charge in [0, 0.05) is 49.9 Å². The fourth-order valence-corrected chi connectivity index (χ4v) is 5.13. The first-order chi connectivity index (χ1) is 15.1. The van der Waals surface area contributed by atoms with Crippen molar-refractivity contribution >= 4 is 17.6 Å². The van der Waals surface area contributed by atoms with E-state index in [2.05, 4.69) is 10.6 Å². The van der Waals surface area contributed by atoms with Crippen LogP contribution in [0, 0.1) is 11.7 Å². The Hall–Kier alpha value is -2.31. The zero-order valence-electron chi connectivity index (χ0n) is 18.3. The Kier molecular flexibility index (Phi) is 7.30. The molecule has 0 bridgehead atoms. The van der Waals surface area contributed by atoms with Crippen molar-refractivity contribution in [3.05, 3.63) is 30.1 Å². The van der Waals surface area contributed by atoms with Crippen LogP contribution in [-0.4, -0.2) is 60.0 Å². The average molecular weight is 431 g/mol. The first-order valence-electron chi connectivity index (χ1n) is 11.9. The van der Waals surface area contributed by atoms with Crippen molar-refractivity contribution in [2.24, 2.45) is 5.92 Å². The van der Waals surface area contributed by atoms with Crippen molar-refractivity contribution in [2.45, 2.75) is 69.9 Å². The number of hydrogen-bond donors (Lipinski definition) is 2. The number of rotatable bonds is 4. The number of amides is 3. The number of likely N-dealkylation sites (tertiary alicyclic amines) is 2. The van der Waals surface area contributed by atoms with Gasteiger partial charge >= 0.3 is 6.03 Å². The molecule has 2 saturated heterocycles. The lowest BCUT2D eigenvalue weighted by atomic mass is 9.87. The second-order valence-electron chi connectivity index (χ2n) is 9.30. The number of nitrogens with one attached hydrogen (secondary N) is 2. The smallest absolute Gasteiger partial charge is 0.317 e. The summed E-state index contributed by atoms with van der Waals surface area (Å²) in [6.45, 7) is 2.93. The molecule has 6 nitrogen and oxygen atoms in total. The van der Waals surface area contributed by atoms with Gasteiger partial charge in [-0.05, 0) is 62.8 Å². The highest BCUT2D eigenvalue weighted by molar-refractivity contribution is 5.79. The standard InChI is InChI=1S/C24H35FN4O2/c25-19-6-8-20(9-7-19)26-21-12-16-29(17-13-21)24(31)27-22-10-14-28(15-11-22)23(30)18-4-2-1-3-5-18/h6-9,18,21-22,26H,1-5,10-17H2,(H,27,31). The van der Waals surface area contributed by atoms with Crippen LogP contribution in [0.2, 0.25) is 0 Å². The van der Waals surface area contributed by atoms with Crippen LogP contribution < -0.4 is 10.6 Å². The van der Waals surface area contributed by atoms with Gasteiger partial charge in [-0.15, -0.1) is 0 Å². The molecule has 3 amide bonds. The Morgan fingerprint density at radius 1 is 0.774 bits per heavy atom. The van der Waals surface area contributed by atoms with Gasteiger partial charge in [-0.2, -0.15) is 0 Å². The van der Waals surface area contributed by atoms with Gasteiger partial charge in [0.1, 0.15) is 5.82 Å². The van der Waals surface area contributed by atoms with Crippen molar-refractivity contribution in [2.75, 3.05) is 31.5 Å². The van der Waals surface area contributed by atoms with E-state index >= 15 is 0 Å². The number of urea groups is 1. The minimum absolute atomic E-state index is 0.0114. The van der Waals surface area contributed by atoms with Gasteiger partial charge in [0.25, 0.3) is 0 Å². The van der Waals surface area contributed by atoms with Gasteiger partial charge in [0.15, 0.2) is 0 Å². The second-order valence-corrected chi connectivity index (χ2v) is 9.30. The van der Waals surface area contributed by atoms with Crippen LogP contribution in [0.5, 0.6) is 0 Å². The normalized spacial score (nSPS) is 21.7.